The molecule has 4 aromatic rings. The minimum absolute atomic E-state index is 0.0825. The summed E-state index contributed by atoms with van der Waals surface area (Å²) in [6.45, 7) is 0. The molecule has 0 radical (unpaired) electrons. The lowest BCUT2D eigenvalue weighted by Gasteiger charge is -2.44. The van der Waals surface area contributed by atoms with Gasteiger partial charge in [-0.15, -0.1) is 23.5 Å². The number of carbonyl (C=O) groups excluding carboxylic acids is 1. The molecule has 2 bridgehead atoms. The molecule has 8 rings (SSSR count). The highest BCUT2D eigenvalue weighted by Gasteiger charge is 2.78. The number of benzene rings is 4. The van der Waals surface area contributed by atoms with Crippen LogP contribution in [-0.2, 0) is 10.2 Å². The predicted molar refractivity (Wildman–Crippen MR) is 165 cm³/mol. The van der Waals surface area contributed by atoms with Gasteiger partial charge in [0.15, 0.2) is 5.78 Å². The molecular formula is C36H28OS2. The van der Waals surface area contributed by atoms with Gasteiger partial charge >= 0.3 is 0 Å². The van der Waals surface area contributed by atoms with E-state index >= 15 is 0 Å². The number of carbonyl (C=O) groups is 1. The third-order valence-electron chi connectivity index (χ3n) is 9.29. The Morgan fingerprint density at radius 2 is 1.05 bits per heavy atom. The number of rotatable bonds is 4. The first-order valence-corrected chi connectivity index (χ1v) is 15.7. The number of allylic oxidation sites excluding steroid dienone is 4. The molecule has 0 N–H and O–H groups in total. The molecular weight excluding hydrogens is 513 g/mol. The van der Waals surface area contributed by atoms with E-state index in [0.29, 0.717) is 5.78 Å². The van der Waals surface area contributed by atoms with E-state index < -0.39 is 5.41 Å². The molecule has 1 spiro atoms. The Labute approximate surface area is 238 Å². The molecule has 0 aromatic heterocycles. The van der Waals surface area contributed by atoms with Crippen LogP contribution < -0.4 is 0 Å². The Kier molecular flexibility index (Phi) is 5.37. The minimum atomic E-state index is -0.418. The van der Waals surface area contributed by atoms with Crippen molar-refractivity contribution in [1.82, 2.24) is 0 Å². The molecule has 3 aliphatic carbocycles. The molecule has 1 nitrogen and oxygen atoms in total. The Morgan fingerprint density at radius 3 is 1.62 bits per heavy atom. The fourth-order valence-electron chi connectivity index (χ4n) is 8.19. The summed E-state index contributed by atoms with van der Waals surface area (Å²) >= 11 is 4.24. The molecule has 2 fully saturated rings. The first-order chi connectivity index (χ1) is 19.3. The van der Waals surface area contributed by atoms with E-state index in [1.54, 1.807) is 0 Å². The quantitative estimate of drug-likeness (QED) is 0.259. The standard InChI is InChI=1S/C36H28OS2/c37-29-23-28(24-13-5-1-6-14-24)35(27-19-11-4-12-20-27)32(29)33-30(25-15-7-2-8-16-25)31(26-17-9-3-10-18-26)34(35)36(33)38-21-22-39-36/h1-20,23,32-34H,21-22H2/t32-,33+,34+,35+/m1/s1. The van der Waals surface area contributed by atoms with E-state index in [0.717, 1.165) is 11.5 Å². The first kappa shape index (κ1) is 23.6. The zero-order valence-electron chi connectivity index (χ0n) is 21.5. The van der Waals surface area contributed by atoms with Gasteiger partial charge in [0.1, 0.15) is 0 Å². The maximum Gasteiger partial charge on any atom is 0.161 e. The van der Waals surface area contributed by atoms with Crippen LogP contribution in [0.3, 0.4) is 0 Å². The SMILES string of the molecule is O=C1C=C(c2ccccc2)[C@@]2(c3ccccc3)[C@H]1[C@@H]1C(c3ccccc3)=C(c3ccccc3)[C@@H]2C12SCCS2. The van der Waals surface area contributed by atoms with Gasteiger partial charge < -0.3 is 0 Å². The summed E-state index contributed by atoms with van der Waals surface area (Å²) in [7, 11) is 0. The van der Waals surface area contributed by atoms with Gasteiger partial charge in [-0.05, 0) is 45.0 Å². The fraction of sp³-hybridized carbons (Fsp3) is 0.194. The highest BCUT2D eigenvalue weighted by atomic mass is 32.2. The van der Waals surface area contributed by atoms with Crippen LogP contribution in [0.15, 0.2) is 127 Å². The molecule has 4 atom stereocenters. The van der Waals surface area contributed by atoms with Crippen LogP contribution in [0.2, 0.25) is 0 Å². The minimum Gasteiger partial charge on any atom is -0.294 e. The topological polar surface area (TPSA) is 17.1 Å². The summed E-state index contributed by atoms with van der Waals surface area (Å²) in [5.74, 6) is 2.70. The summed E-state index contributed by atoms with van der Waals surface area (Å²) in [6.07, 6.45) is 2.01. The average molecular weight is 541 g/mol. The van der Waals surface area contributed by atoms with E-state index in [1.807, 2.05) is 6.08 Å². The second-order valence-corrected chi connectivity index (χ2v) is 13.9. The zero-order valence-corrected chi connectivity index (χ0v) is 23.1. The molecule has 39 heavy (non-hydrogen) atoms. The lowest BCUT2D eigenvalue weighted by Crippen LogP contribution is -2.42. The van der Waals surface area contributed by atoms with Gasteiger partial charge in [-0.2, -0.15) is 0 Å². The van der Waals surface area contributed by atoms with Crippen molar-refractivity contribution in [1.29, 1.82) is 0 Å². The Bertz CT molecular complexity index is 1620. The Balaban J connectivity index is 1.51. The maximum atomic E-state index is 14.5. The number of fused-ring (bicyclic) bond motifs is 3. The maximum absolute atomic E-state index is 14.5. The predicted octanol–water partition coefficient (Wildman–Crippen LogP) is 8.25. The van der Waals surface area contributed by atoms with Gasteiger partial charge in [0.25, 0.3) is 0 Å². The van der Waals surface area contributed by atoms with E-state index in [2.05, 4.69) is 145 Å². The van der Waals surface area contributed by atoms with Gasteiger partial charge in [-0.1, -0.05) is 121 Å². The van der Waals surface area contributed by atoms with Gasteiger partial charge in [-0.3, -0.25) is 4.79 Å². The number of ketones is 1. The summed E-state index contributed by atoms with van der Waals surface area (Å²) < 4.78 is -0.0825. The lowest BCUT2D eigenvalue weighted by molar-refractivity contribution is -0.119. The van der Waals surface area contributed by atoms with Gasteiger partial charge in [0, 0.05) is 34.7 Å². The van der Waals surface area contributed by atoms with Crippen LogP contribution in [0.4, 0.5) is 0 Å². The third kappa shape index (κ3) is 3.09. The van der Waals surface area contributed by atoms with Gasteiger partial charge in [0.2, 0.25) is 0 Å². The number of hydrogen-bond donors (Lipinski definition) is 0. The smallest absolute Gasteiger partial charge is 0.161 e. The molecule has 1 heterocycles. The number of thioether (sulfide) groups is 2. The van der Waals surface area contributed by atoms with E-state index in [-0.39, 0.29) is 21.8 Å². The number of hydrogen-bond acceptors (Lipinski definition) is 3. The van der Waals surface area contributed by atoms with Crippen LogP contribution in [0.25, 0.3) is 16.7 Å². The van der Waals surface area contributed by atoms with Crippen molar-refractivity contribution in [3.05, 3.63) is 150 Å². The summed E-state index contributed by atoms with van der Waals surface area (Å²) in [6, 6.07) is 43.6. The summed E-state index contributed by atoms with van der Waals surface area (Å²) in [5.41, 5.74) is 8.60. The molecule has 3 heteroatoms. The van der Waals surface area contributed by atoms with Crippen molar-refractivity contribution < 1.29 is 4.79 Å². The van der Waals surface area contributed by atoms with Crippen LogP contribution in [0.1, 0.15) is 22.3 Å². The molecule has 190 valence electrons. The normalized spacial score (nSPS) is 28.3. The fourth-order valence-corrected chi connectivity index (χ4v) is 12.1. The third-order valence-corrected chi connectivity index (χ3v) is 13.0. The van der Waals surface area contributed by atoms with Crippen molar-refractivity contribution in [3.8, 4) is 0 Å². The molecule has 1 aliphatic heterocycles. The molecule has 0 unspecified atom stereocenters. The highest BCUT2D eigenvalue weighted by Crippen LogP contribution is 2.82. The molecule has 4 aliphatic rings. The lowest BCUT2D eigenvalue weighted by atomic mass is 9.57. The molecule has 1 saturated carbocycles. The van der Waals surface area contributed by atoms with Crippen LogP contribution in [0.5, 0.6) is 0 Å². The van der Waals surface area contributed by atoms with Crippen LogP contribution in [-0.4, -0.2) is 21.4 Å². The van der Waals surface area contributed by atoms with Crippen LogP contribution >= 0.6 is 23.5 Å². The Morgan fingerprint density at radius 1 is 0.564 bits per heavy atom. The van der Waals surface area contributed by atoms with Crippen molar-refractivity contribution in [2.24, 2.45) is 17.8 Å². The van der Waals surface area contributed by atoms with Gasteiger partial charge in [-0.25, -0.2) is 0 Å². The van der Waals surface area contributed by atoms with E-state index in [4.69, 9.17) is 0 Å². The molecule has 1 saturated heterocycles. The van der Waals surface area contributed by atoms with Crippen LogP contribution in [0, 0.1) is 17.8 Å². The largest absolute Gasteiger partial charge is 0.294 e. The average Bonchev–Trinajstić information content (AvgIpc) is 3.74. The van der Waals surface area contributed by atoms with E-state index in [9.17, 15) is 4.79 Å². The highest BCUT2D eigenvalue weighted by molar-refractivity contribution is 8.21. The van der Waals surface area contributed by atoms with Crippen molar-refractivity contribution in [2.75, 3.05) is 11.5 Å². The van der Waals surface area contributed by atoms with Crippen molar-refractivity contribution in [3.63, 3.8) is 0 Å². The first-order valence-electron chi connectivity index (χ1n) is 13.8. The second-order valence-electron chi connectivity index (χ2n) is 10.9. The van der Waals surface area contributed by atoms with Crippen molar-refractivity contribution >= 4 is 46.0 Å². The monoisotopic (exact) mass is 540 g/mol. The summed E-state index contributed by atoms with van der Waals surface area (Å²) in [4.78, 5) is 14.5. The Hall–Kier alpha value is -3.27. The molecule has 4 aromatic carbocycles. The van der Waals surface area contributed by atoms with E-state index in [1.165, 1.54) is 39.0 Å². The second kappa shape index (κ2) is 8.87. The zero-order chi connectivity index (χ0) is 26.0. The molecule has 0 amide bonds. The summed E-state index contributed by atoms with van der Waals surface area (Å²) in [5, 5.41) is 0. The van der Waals surface area contributed by atoms with Gasteiger partial charge in [0.05, 0.1) is 4.08 Å². The van der Waals surface area contributed by atoms with Crippen molar-refractivity contribution in [2.45, 2.75) is 9.49 Å².